The summed E-state index contributed by atoms with van der Waals surface area (Å²) in [5, 5.41) is 0. The molecule has 1 fully saturated rings. The van der Waals surface area contributed by atoms with Crippen LogP contribution in [0.15, 0.2) is 53.0 Å². The molecule has 3 rings (SSSR count). The van der Waals surface area contributed by atoms with Crippen LogP contribution in [-0.4, -0.2) is 31.0 Å². The van der Waals surface area contributed by atoms with Crippen molar-refractivity contribution in [3.8, 4) is 0 Å². The Morgan fingerprint density at radius 2 is 1.88 bits per heavy atom. The van der Waals surface area contributed by atoms with E-state index in [1.807, 2.05) is 6.07 Å². The van der Waals surface area contributed by atoms with Gasteiger partial charge >= 0.3 is 0 Å². The maximum absolute atomic E-state index is 13.9. The molecule has 0 radical (unpaired) electrons. The van der Waals surface area contributed by atoms with Crippen LogP contribution in [0.5, 0.6) is 0 Å². The summed E-state index contributed by atoms with van der Waals surface area (Å²) < 4.78 is 39.6. The Labute approximate surface area is 161 Å². The van der Waals surface area contributed by atoms with E-state index in [1.54, 1.807) is 36.4 Å². The van der Waals surface area contributed by atoms with Gasteiger partial charge in [-0.1, -0.05) is 46.3 Å². The van der Waals surface area contributed by atoms with Crippen molar-refractivity contribution in [1.29, 1.82) is 0 Å². The molecule has 1 aliphatic rings. The minimum Gasteiger partial charge on any atom is -0.334 e. The summed E-state index contributed by atoms with van der Waals surface area (Å²) in [6, 6.07) is 13.3. The zero-order valence-corrected chi connectivity index (χ0v) is 16.5. The molecule has 0 spiro atoms. The van der Waals surface area contributed by atoms with Gasteiger partial charge in [0.15, 0.2) is 9.84 Å². The van der Waals surface area contributed by atoms with E-state index in [-0.39, 0.29) is 24.2 Å². The number of benzene rings is 2. The van der Waals surface area contributed by atoms with Crippen LogP contribution in [0.4, 0.5) is 4.39 Å². The first-order valence-electron chi connectivity index (χ1n) is 8.32. The maximum atomic E-state index is 13.9. The van der Waals surface area contributed by atoms with Crippen LogP contribution >= 0.6 is 15.9 Å². The predicted molar refractivity (Wildman–Crippen MR) is 102 cm³/mol. The van der Waals surface area contributed by atoms with Crippen LogP contribution in [-0.2, 0) is 26.9 Å². The summed E-state index contributed by atoms with van der Waals surface area (Å²) in [5.74, 6) is -1.62. The van der Waals surface area contributed by atoms with E-state index >= 15 is 0 Å². The van der Waals surface area contributed by atoms with Gasteiger partial charge in [-0.15, -0.1) is 0 Å². The Bertz CT molecular complexity index is 913. The highest BCUT2D eigenvalue weighted by atomic mass is 79.9. The Morgan fingerprint density at radius 3 is 2.54 bits per heavy atom. The lowest BCUT2D eigenvalue weighted by Gasteiger charge is -2.23. The molecule has 2 aromatic rings. The van der Waals surface area contributed by atoms with Crippen molar-refractivity contribution >= 4 is 31.7 Å². The lowest BCUT2D eigenvalue weighted by molar-refractivity contribution is -0.129. The van der Waals surface area contributed by atoms with Crippen LogP contribution in [0.25, 0.3) is 0 Å². The van der Waals surface area contributed by atoms with Crippen molar-refractivity contribution in [3.05, 3.63) is 69.9 Å². The number of amides is 1. The van der Waals surface area contributed by atoms with Crippen molar-refractivity contribution in [2.45, 2.75) is 31.2 Å². The van der Waals surface area contributed by atoms with E-state index < -0.39 is 21.5 Å². The van der Waals surface area contributed by atoms with Crippen molar-refractivity contribution in [2.24, 2.45) is 0 Å². The SMILES string of the molecule is O=C(CS(=O)(=O)Cc1cccc(Br)c1)N(Cc1ccccc1F)C1CC1. The molecule has 0 bridgehead atoms. The molecule has 0 atom stereocenters. The number of sulfone groups is 1. The molecule has 0 saturated heterocycles. The van der Waals surface area contributed by atoms with E-state index in [1.165, 1.54) is 11.0 Å². The van der Waals surface area contributed by atoms with Crippen molar-refractivity contribution in [2.75, 3.05) is 5.75 Å². The first-order valence-corrected chi connectivity index (χ1v) is 10.9. The number of carbonyl (C=O) groups excluding carboxylic acids is 1. The van der Waals surface area contributed by atoms with Crippen molar-refractivity contribution < 1.29 is 17.6 Å². The third kappa shape index (κ3) is 5.14. The van der Waals surface area contributed by atoms with E-state index in [0.29, 0.717) is 11.1 Å². The summed E-state index contributed by atoms with van der Waals surface area (Å²) in [6.45, 7) is 0.0998. The summed E-state index contributed by atoms with van der Waals surface area (Å²) in [6.07, 6.45) is 1.65. The number of rotatable bonds is 7. The molecule has 0 heterocycles. The van der Waals surface area contributed by atoms with Gasteiger partial charge in [-0.05, 0) is 36.6 Å². The fourth-order valence-electron chi connectivity index (χ4n) is 2.82. The quantitative estimate of drug-likeness (QED) is 0.660. The molecule has 0 aliphatic heterocycles. The Morgan fingerprint density at radius 1 is 1.15 bits per heavy atom. The van der Waals surface area contributed by atoms with Crippen LogP contribution < -0.4 is 0 Å². The minimum absolute atomic E-state index is 0.00294. The average molecular weight is 440 g/mol. The second-order valence-corrected chi connectivity index (χ2v) is 9.49. The van der Waals surface area contributed by atoms with E-state index in [0.717, 1.165) is 17.3 Å². The summed E-state index contributed by atoms with van der Waals surface area (Å²) >= 11 is 3.31. The summed E-state index contributed by atoms with van der Waals surface area (Å²) in [7, 11) is -3.61. The van der Waals surface area contributed by atoms with Gasteiger partial charge in [0, 0.05) is 22.6 Å². The Balaban J connectivity index is 1.70. The van der Waals surface area contributed by atoms with Crippen LogP contribution in [0, 0.1) is 5.82 Å². The van der Waals surface area contributed by atoms with Crippen LogP contribution in [0.3, 0.4) is 0 Å². The lowest BCUT2D eigenvalue weighted by Crippen LogP contribution is -2.37. The Hall–Kier alpha value is -1.73. The minimum atomic E-state index is -3.61. The largest absolute Gasteiger partial charge is 0.334 e. The standard InChI is InChI=1S/C19H19BrFNO3S/c20-16-6-3-4-14(10-16)12-26(24,25)13-19(23)22(17-8-9-17)11-15-5-1-2-7-18(15)21/h1-7,10,17H,8-9,11-13H2. The van der Waals surface area contributed by atoms with Gasteiger partial charge in [0.25, 0.3) is 0 Å². The molecule has 4 nitrogen and oxygen atoms in total. The Kier molecular flexibility index (Phi) is 5.77. The van der Waals surface area contributed by atoms with Gasteiger partial charge in [0.05, 0.1) is 5.75 Å². The van der Waals surface area contributed by atoms with Gasteiger partial charge < -0.3 is 4.90 Å². The van der Waals surface area contributed by atoms with Crippen LogP contribution in [0.1, 0.15) is 24.0 Å². The number of carbonyl (C=O) groups is 1. The second kappa shape index (κ2) is 7.88. The fourth-order valence-corrected chi connectivity index (χ4v) is 4.60. The zero-order chi connectivity index (χ0) is 18.7. The number of halogens is 2. The van der Waals surface area contributed by atoms with Crippen molar-refractivity contribution in [3.63, 3.8) is 0 Å². The summed E-state index contributed by atoms with van der Waals surface area (Å²) in [5.41, 5.74) is 1.02. The molecule has 0 unspecified atom stereocenters. The number of hydrogen-bond acceptors (Lipinski definition) is 3. The summed E-state index contributed by atoms with van der Waals surface area (Å²) in [4.78, 5) is 14.1. The first kappa shape index (κ1) is 19.0. The smallest absolute Gasteiger partial charge is 0.238 e. The molecule has 1 amide bonds. The molecule has 1 saturated carbocycles. The number of nitrogens with zero attached hydrogens (tertiary/aromatic N) is 1. The van der Waals surface area contributed by atoms with Gasteiger partial charge in [0.2, 0.25) is 5.91 Å². The molecular formula is C19H19BrFNO3S. The maximum Gasteiger partial charge on any atom is 0.238 e. The highest BCUT2D eigenvalue weighted by molar-refractivity contribution is 9.10. The van der Waals surface area contributed by atoms with E-state index in [9.17, 15) is 17.6 Å². The van der Waals surface area contributed by atoms with Gasteiger partial charge in [0.1, 0.15) is 11.6 Å². The topological polar surface area (TPSA) is 54.5 Å². The third-order valence-corrected chi connectivity index (χ3v) is 6.18. The molecule has 26 heavy (non-hydrogen) atoms. The molecule has 7 heteroatoms. The van der Waals surface area contributed by atoms with Gasteiger partial charge in [-0.2, -0.15) is 0 Å². The molecule has 0 aromatic heterocycles. The highest BCUT2D eigenvalue weighted by Gasteiger charge is 2.34. The molecular weight excluding hydrogens is 421 g/mol. The molecule has 138 valence electrons. The number of hydrogen-bond donors (Lipinski definition) is 0. The molecule has 0 N–H and O–H groups in total. The van der Waals surface area contributed by atoms with Gasteiger partial charge in [-0.25, -0.2) is 12.8 Å². The van der Waals surface area contributed by atoms with Gasteiger partial charge in [-0.3, -0.25) is 4.79 Å². The zero-order valence-electron chi connectivity index (χ0n) is 14.1. The first-order chi connectivity index (χ1) is 12.3. The monoisotopic (exact) mass is 439 g/mol. The normalized spacial score (nSPS) is 14.2. The third-order valence-electron chi connectivity index (χ3n) is 4.23. The lowest BCUT2D eigenvalue weighted by atomic mass is 10.2. The van der Waals surface area contributed by atoms with E-state index in [2.05, 4.69) is 15.9 Å². The van der Waals surface area contributed by atoms with Crippen LogP contribution in [0.2, 0.25) is 0 Å². The second-order valence-electron chi connectivity index (χ2n) is 6.51. The van der Waals surface area contributed by atoms with Crippen molar-refractivity contribution in [1.82, 2.24) is 4.90 Å². The fraction of sp³-hybridized carbons (Fsp3) is 0.316. The highest BCUT2D eigenvalue weighted by Crippen LogP contribution is 2.29. The predicted octanol–water partition coefficient (Wildman–Crippen LogP) is 3.69. The molecule has 1 aliphatic carbocycles. The average Bonchev–Trinajstić information content (AvgIpc) is 3.37. The van der Waals surface area contributed by atoms with E-state index in [4.69, 9.17) is 0 Å². The molecule has 2 aromatic carbocycles.